The van der Waals surface area contributed by atoms with Crippen molar-refractivity contribution in [2.75, 3.05) is 26.2 Å². The fraction of sp³-hybridized carbons (Fsp3) is 0.407. The van der Waals surface area contributed by atoms with E-state index in [-0.39, 0.29) is 5.91 Å². The van der Waals surface area contributed by atoms with Gasteiger partial charge in [0.05, 0.1) is 6.61 Å². The largest absolute Gasteiger partial charge is 0.493 e. The highest BCUT2D eigenvalue weighted by Gasteiger charge is 2.24. The Labute approximate surface area is 195 Å². The van der Waals surface area contributed by atoms with Gasteiger partial charge < -0.3 is 9.64 Å². The number of fused-ring (bicyclic) bond motifs is 1. The van der Waals surface area contributed by atoms with Gasteiger partial charge in [0.15, 0.2) is 0 Å². The lowest BCUT2D eigenvalue weighted by Crippen LogP contribution is -2.43. The number of amides is 1. The van der Waals surface area contributed by atoms with Crippen LogP contribution in [0.2, 0.25) is 0 Å². The second-order valence-corrected chi connectivity index (χ2v) is 9.24. The molecule has 0 N–H and O–H groups in total. The summed E-state index contributed by atoms with van der Waals surface area (Å²) in [7, 11) is 0. The lowest BCUT2D eigenvalue weighted by Gasteiger charge is -2.32. The monoisotopic (exact) mass is 444 g/mol. The van der Waals surface area contributed by atoms with Crippen LogP contribution < -0.4 is 4.74 Å². The zero-order valence-corrected chi connectivity index (χ0v) is 19.1. The molecule has 1 fully saturated rings. The van der Waals surface area contributed by atoms with Crippen LogP contribution in [0.15, 0.2) is 67.0 Å². The van der Waals surface area contributed by atoms with E-state index in [1.54, 1.807) is 10.9 Å². The van der Waals surface area contributed by atoms with Crippen molar-refractivity contribution in [1.29, 1.82) is 0 Å². The standard InChI is InChI=1S/C27H32N4O2/c32-27(20-31-15-4-13-28-31)30-14-3-5-23(18-30)21-33-26-10-8-22(9-11-26)17-29-16-12-24-6-1-2-7-25(24)19-29/h1-2,4,6-11,13,15,23H,3,5,12,14,16-21H2/t23-/m0/s1. The summed E-state index contributed by atoms with van der Waals surface area (Å²) in [6.45, 7) is 5.63. The summed E-state index contributed by atoms with van der Waals surface area (Å²) in [5, 5.41) is 4.14. The van der Waals surface area contributed by atoms with Crippen LogP contribution in [0.3, 0.4) is 0 Å². The Morgan fingerprint density at radius 3 is 2.70 bits per heavy atom. The van der Waals surface area contributed by atoms with Crippen LogP contribution in [-0.4, -0.2) is 51.7 Å². The van der Waals surface area contributed by atoms with Gasteiger partial charge in [0.25, 0.3) is 0 Å². The topological polar surface area (TPSA) is 50.6 Å². The molecule has 1 aromatic heterocycles. The van der Waals surface area contributed by atoms with E-state index in [4.69, 9.17) is 4.74 Å². The first kappa shape index (κ1) is 21.7. The predicted molar refractivity (Wildman–Crippen MR) is 128 cm³/mol. The van der Waals surface area contributed by atoms with Gasteiger partial charge in [-0.05, 0) is 54.2 Å². The predicted octanol–water partition coefficient (Wildman–Crippen LogP) is 3.76. The molecule has 0 radical (unpaired) electrons. The summed E-state index contributed by atoms with van der Waals surface area (Å²) < 4.78 is 7.79. The maximum atomic E-state index is 12.6. The number of piperidine rings is 1. The number of aromatic nitrogens is 2. The molecular weight excluding hydrogens is 412 g/mol. The third-order valence-corrected chi connectivity index (χ3v) is 6.75. The molecule has 3 aromatic rings. The second kappa shape index (κ2) is 10.2. The van der Waals surface area contributed by atoms with Crippen molar-refractivity contribution in [3.05, 3.63) is 83.7 Å². The number of hydrogen-bond donors (Lipinski definition) is 0. The van der Waals surface area contributed by atoms with Crippen LogP contribution in [-0.2, 0) is 30.8 Å². The van der Waals surface area contributed by atoms with Crippen molar-refractivity contribution in [1.82, 2.24) is 19.6 Å². The van der Waals surface area contributed by atoms with E-state index in [1.807, 2.05) is 17.2 Å². The van der Waals surface area contributed by atoms with Crippen LogP contribution in [0.5, 0.6) is 5.75 Å². The van der Waals surface area contributed by atoms with Crippen molar-refractivity contribution >= 4 is 5.91 Å². The van der Waals surface area contributed by atoms with Gasteiger partial charge in [0.2, 0.25) is 5.91 Å². The highest BCUT2D eigenvalue weighted by Crippen LogP contribution is 2.22. The average molecular weight is 445 g/mol. The van der Waals surface area contributed by atoms with E-state index in [9.17, 15) is 4.79 Å². The first-order valence-corrected chi connectivity index (χ1v) is 12.0. The first-order valence-electron chi connectivity index (χ1n) is 12.0. The Kier molecular flexibility index (Phi) is 6.72. The Morgan fingerprint density at radius 1 is 1.03 bits per heavy atom. The fourth-order valence-electron chi connectivity index (χ4n) is 4.91. The zero-order chi connectivity index (χ0) is 22.5. The molecule has 6 heteroatoms. The molecule has 0 aliphatic carbocycles. The molecule has 5 rings (SSSR count). The quantitative estimate of drug-likeness (QED) is 0.557. The third kappa shape index (κ3) is 5.63. The Bertz CT molecular complexity index is 1050. The maximum Gasteiger partial charge on any atom is 0.244 e. The number of rotatable bonds is 7. The highest BCUT2D eigenvalue weighted by atomic mass is 16.5. The average Bonchev–Trinajstić information content (AvgIpc) is 3.37. The van der Waals surface area contributed by atoms with Crippen LogP contribution in [0.25, 0.3) is 0 Å². The number of ether oxygens (including phenoxy) is 1. The molecule has 1 amide bonds. The van der Waals surface area contributed by atoms with Crippen LogP contribution in [0, 0.1) is 5.92 Å². The van der Waals surface area contributed by atoms with E-state index >= 15 is 0 Å². The molecule has 2 aromatic carbocycles. The smallest absolute Gasteiger partial charge is 0.244 e. The van der Waals surface area contributed by atoms with Crippen LogP contribution in [0.1, 0.15) is 29.5 Å². The zero-order valence-electron chi connectivity index (χ0n) is 19.1. The van der Waals surface area contributed by atoms with Gasteiger partial charge in [-0.15, -0.1) is 0 Å². The van der Waals surface area contributed by atoms with Crippen molar-refractivity contribution < 1.29 is 9.53 Å². The third-order valence-electron chi connectivity index (χ3n) is 6.75. The van der Waals surface area contributed by atoms with Crippen molar-refractivity contribution in [3.8, 4) is 5.75 Å². The Balaban J connectivity index is 1.09. The van der Waals surface area contributed by atoms with E-state index in [0.717, 1.165) is 57.7 Å². The minimum absolute atomic E-state index is 0.132. The molecule has 2 aliphatic rings. The maximum absolute atomic E-state index is 12.6. The van der Waals surface area contributed by atoms with Gasteiger partial charge in [-0.3, -0.25) is 14.4 Å². The van der Waals surface area contributed by atoms with Crippen LogP contribution in [0.4, 0.5) is 0 Å². The van der Waals surface area contributed by atoms with Gasteiger partial charge in [-0.25, -0.2) is 0 Å². The Hall–Kier alpha value is -3.12. The number of benzene rings is 2. The molecule has 1 atom stereocenters. The molecule has 33 heavy (non-hydrogen) atoms. The molecule has 3 heterocycles. The van der Waals surface area contributed by atoms with Gasteiger partial charge in [-0.2, -0.15) is 5.10 Å². The summed E-state index contributed by atoms with van der Waals surface area (Å²) in [4.78, 5) is 17.0. The van der Waals surface area contributed by atoms with Gasteiger partial charge >= 0.3 is 0 Å². The van der Waals surface area contributed by atoms with Gasteiger partial charge in [0, 0.05) is 51.0 Å². The molecular formula is C27H32N4O2. The summed E-state index contributed by atoms with van der Waals surface area (Å²) in [5.41, 5.74) is 4.25. The molecule has 0 saturated carbocycles. The number of carbonyl (C=O) groups excluding carboxylic acids is 1. The molecule has 1 saturated heterocycles. The van der Waals surface area contributed by atoms with E-state index in [0.29, 0.717) is 19.1 Å². The SMILES string of the molecule is O=C(Cn1cccn1)N1CCC[C@H](COc2ccc(CN3CCc4ccccc4C3)cc2)C1. The van der Waals surface area contributed by atoms with E-state index in [1.165, 1.54) is 16.7 Å². The number of hydrogen-bond acceptors (Lipinski definition) is 4. The fourth-order valence-corrected chi connectivity index (χ4v) is 4.91. The minimum Gasteiger partial charge on any atom is -0.493 e. The normalized spacial score (nSPS) is 18.7. The number of nitrogens with zero attached hydrogens (tertiary/aromatic N) is 4. The molecule has 6 nitrogen and oxygen atoms in total. The summed E-state index contributed by atoms with van der Waals surface area (Å²) >= 11 is 0. The Morgan fingerprint density at radius 2 is 1.88 bits per heavy atom. The molecule has 0 spiro atoms. The van der Waals surface area contributed by atoms with E-state index in [2.05, 4.69) is 58.5 Å². The summed E-state index contributed by atoms with van der Waals surface area (Å²) in [6, 6.07) is 19.1. The van der Waals surface area contributed by atoms with Crippen molar-refractivity contribution in [2.24, 2.45) is 5.92 Å². The molecule has 172 valence electrons. The lowest BCUT2D eigenvalue weighted by atomic mass is 9.99. The molecule has 0 unspecified atom stereocenters. The number of likely N-dealkylation sites (tertiary alicyclic amines) is 1. The highest BCUT2D eigenvalue weighted by molar-refractivity contribution is 5.76. The van der Waals surface area contributed by atoms with E-state index < -0.39 is 0 Å². The van der Waals surface area contributed by atoms with Crippen LogP contribution >= 0.6 is 0 Å². The van der Waals surface area contributed by atoms with Crippen molar-refractivity contribution in [2.45, 2.75) is 38.9 Å². The molecule has 2 aliphatic heterocycles. The summed E-state index contributed by atoms with van der Waals surface area (Å²) in [5.74, 6) is 1.41. The second-order valence-electron chi connectivity index (χ2n) is 9.24. The van der Waals surface area contributed by atoms with Gasteiger partial charge in [-0.1, -0.05) is 36.4 Å². The lowest BCUT2D eigenvalue weighted by molar-refractivity contribution is -0.134. The molecule has 0 bridgehead atoms. The summed E-state index contributed by atoms with van der Waals surface area (Å²) in [6.07, 6.45) is 6.78. The number of carbonyl (C=O) groups is 1. The first-order chi connectivity index (χ1) is 16.2. The van der Waals surface area contributed by atoms with Crippen molar-refractivity contribution in [3.63, 3.8) is 0 Å². The minimum atomic E-state index is 0.132. The van der Waals surface area contributed by atoms with Gasteiger partial charge in [0.1, 0.15) is 12.3 Å².